The molecule has 0 saturated heterocycles. The number of carbonyl (C=O) groups is 1. The molecule has 0 aliphatic heterocycles. The van der Waals surface area contributed by atoms with Crippen LogP contribution in [0.1, 0.15) is 10.5 Å². The summed E-state index contributed by atoms with van der Waals surface area (Å²) >= 11 is 0. The van der Waals surface area contributed by atoms with E-state index in [9.17, 15) is 4.79 Å². The van der Waals surface area contributed by atoms with Crippen LogP contribution in [-0.4, -0.2) is 24.9 Å². The van der Waals surface area contributed by atoms with Crippen LogP contribution in [0, 0.1) is 0 Å². The zero-order valence-corrected chi connectivity index (χ0v) is 7.82. The fourth-order valence-electron chi connectivity index (χ4n) is 1.04. The van der Waals surface area contributed by atoms with Gasteiger partial charge in [-0.05, 0) is 18.2 Å². The number of ketones is 1. The van der Waals surface area contributed by atoms with Gasteiger partial charge in [-0.1, -0.05) is 6.58 Å². The molecular weight excluding hydrogens is 164 g/mol. The summed E-state index contributed by atoms with van der Waals surface area (Å²) in [6, 6.07) is 3.65. The molecule has 1 aromatic rings. The largest absolute Gasteiger partial charge is 0.376 e. The van der Waals surface area contributed by atoms with Crippen molar-refractivity contribution in [3.05, 3.63) is 36.7 Å². The Balaban J connectivity index is 3.19. The van der Waals surface area contributed by atoms with Gasteiger partial charge in [0.2, 0.25) is 5.78 Å². The number of hydrogen-bond donors (Lipinski definition) is 0. The SMILES string of the molecule is C=CC(=O)c1ncccc1N(C)C. The molecule has 1 heterocycles. The van der Waals surface area contributed by atoms with Crippen LogP contribution in [0.2, 0.25) is 0 Å². The normalized spacial score (nSPS) is 9.38. The Labute approximate surface area is 77.7 Å². The molecule has 0 N–H and O–H groups in total. The van der Waals surface area contributed by atoms with E-state index in [-0.39, 0.29) is 5.78 Å². The highest BCUT2D eigenvalue weighted by Gasteiger charge is 2.09. The fraction of sp³-hybridized carbons (Fsp3) is 0.200. The first-order chi connectivity index (χ1) is 6.16. The average Bonchev–Trinajstić information content (AvgIpc) is 2.16. The third-order valence-corrected chi connectivity index (χ3v) is 1.69. The molecule has 0 aliphatic rings. The zero-order valence-electron chi connectivity index (χ0n) is 7.82. The fourth-order valence-corrected chi connectivity index (χ4v) is 1.04. The van der Waals surface area contributed by atoms with E-state index in [0.29, 0.717) is 5.69 Å². The topological polar surface area (TPSA) is 33.2 Å². The summed E-state index contributed by atoms with van der Waals surface area (Å²) in [6.07, 6.45) is 2.87. The Morgan fingerprint density at radius 3 is 2.85 bits per heavy atom. The highest BCUT2D eigenvalue weighted by Crippen LogP contribution is 2.15. The van der Waals surface area contributed by atoms with Crippen molar-refractivity contribution in [3.63, 3.8) is 0 Å². The molecule has 0 bridgehead atoms. The molecule has 1 rings (SSSR count). The monoisotopic (exact) mass is 176 g/mol. The number of allylic oxidation sites excluding steroid dienone is 1. The minimum atomic E-state index is -0.149. The molecule has 0 atom stereocenters. The van der Waals surface area contributed by atoms with Crippen molar-refractivity contribution in [3.8, 4) is 0 Å². The number of hydrogen-bond acceptors (Lipinski definition) is 3. The molecular formula is C10H12N2O. The van der Waals surface area contributed by atoms with Crippen LogP contribution < -0.4 is 4.90 Å². The first-order valence-electron chi connectivity index (χ1n) is 3.96. The van der Waals surface area contributed by atoms with E-state index in [1.807, 2.05) is 25.1 Å². The van der Waals surface area contributed by atoms with Crippen LogP contribution in [0.3, 0.4) is 0 Å². The highest BCUT2D eigenvalue weighted by molar-refractivity contribution is 6.06. The summed E-state index contributed by atoms with van der Waals surface area (Å²) in [5, 5.41) is 0. The molecule has 0 amide bonds. The van der Waals surface area contributed by atoms with E-state index < -0.39 is 0 Å². The van der Waals surface area contributed by atoms with Crippen molar-refractivity contribution >= 4 is 11.5 Å². The van der Waals surface area contributed by atoms with E-state index in [2.05, 4.69) is 11.6 Å². The van der Waals surface area contributed by atoms with Crippen molar-refractivity contribution < 1.29 is 4.79 Å². The van der Waals surface area contributed by atoms with Gasteiger partial charge in [0, 0.05) is 20.3 Å². The summed E-state index contributed by atoms with van der Waals surface area (Å²) in [4.78, 5) is 17.2. The molecule has 0 radical (unpaired) electrons. The molecule has 0 unspecified atom stereocenters. The second kappa shape index (κ2) is 3.85. The lowest BCUT2D eigenvalue weighted by Crippen LogP contribution is -2.14. The number of carbonyl (C=O) groups excluding carboxylic acids is 1. The van der Waals surface area contributed by atoms with Crippen LogP contribution in [0.5, 0.6) is 0 Å². The smallest absolute Gasteiger partial charge is 0.205 e. The standard InChI is InChI=1S/C10H12N2O/c1-4-9(13)10-8(12(2)3)6-5-7-11-10/h4-7H,1H2,2-3H3. The molecule has 68 valence electrons. The molecule has 0 aliphatic carbocycles. The van der Waals surface area contributed by atoms with Gasteiger partial charge in [-0.2, -0.15) is 0 Å². The minimum Gasteiger partial charge on any atom is -0.376 e. The first kappa shape index (κ1) is 9.45. The van der Waals surface area contributed by atoms with Gasteiger partial charge in [-0.25, -0.2) is 0 Å². The lowest BCUT2D eigenvalue weighted by Gasteiger charge is -2.14. The third-order valence-electron chi connectivity index (χ3n) is 1.69. The van der Waals surface area contributed by atoms with E-state index in [0.717, 1.165) is 5.69 Å². The Bertz CT molecular complexity index is 331. The Morgan fingerprint density at radius 1 is 1.62 bits per heavy atom. The van der Waals surface area contributed by atoms with Gasteiger partial charge < -0.3 is 4.90 Å². The Morgan fingerprint density at radius 2 is 2.31 bits per heavy atom. The van der Waals surface area contributed by atoms with Gasteiger partial charge in [0.25, 0.3) is 0 Å². The maximum atomic E-state index is 11.3. The van der Waals surface area contributed by atoms with Gasteiger partial charge in [0.1, 0.15) is 5.69 Å². The molecule has 0 fully saturated rings. The molecule has 13 heavy (non-hydrogen) atoms. The van der Waals surface area contributed by atoms with Gasteiger partial charge in [-0.3, -0.25) is 9.78 Å². The van der Waals surface area contributed by atoms with E-state index in [4.69, 9.17) is 0 Å². The highest BCUT2D eigenvalue weighted by atomic mass is 16.1. The van der Waals surface area contributed by atoms with Crippen LogP contribution in [0.25, 0.3) is 0 Å². The lowest BCUT2D eigenvalue weighted by molar-refractivity contribution is 0.104. The van der Waals surface area contributed by atoms with Crippen LogP contribution in [0.15, 0.2) is 31.0 Å². The quantitative estimate of drug-likeness (QED) is 0.517. The van der Waals surface area contributed by atoms with E-state index >= 15 is 0 Å². The number of nitrogens with zero attached hydrogens (tertiary/aromatic N) is 2. The predicted molar refractivity (Wildman–Crippen MR) is 53.1 cm³/mol. The van der Waals surface area contributed by atoms with E-state index in [1.54, 1.807) is 12.3 Å². The average molecular weight is 176 g/mol. The number of rotatable bonds is 3. The van der Waals surface area contributed by atoms with Gasteiger partial charge >= 0.3 is 0 Å². The number of pyridine rings is 1. The molecule has 1 aromatic heterocycles. The Kier molecular flexibility index (Phi) is 2.80. The second-order valence-electron chi connectivity index (χ2n) is 2.83. The van der Waals surface area contributed by atoms with Crippen LogP contribution in [0.4, 0.5) is 5.69 Å². The summed E-state index contributed by atoms with van der Waals surface area (Å²) in [5.41, 5.74) is 1.26. The van der Waals surface area contributed by atoms with Gasteiger partial charge in [0.15, 0.2) is 0 Å². The Hall–Kier alpha value is -1.64. The third kappa shape index (κ3) is 1.93. The van der Waals surface area contributed by atoms with Crippen molar-refractivity contribution in [2.45, 2.75) is 0 Å². The van der Waals surface area contributed by atoms with Gasteiger partial charge in [-0.15, -0.1) is 0 Å². The molecule has 0 aromatic carbocycles. The maximum absolute atomic E-state index is 11.3. The van der Waals surface area contributed by atoms with Crippen molar-refractivity contribution in [1.29, 1.82) is 0 Å². The zero-order chi connectivity index (χ0) is 9.84. The summed E-state index contributed by atoms with van der Waals surface area (Å²) in [6.45, 7) is 3.43. The maximum Gasteiger partial charge on any atom is 0.205 e. The molecule has 3 nitrogen and oxygen atoms in total. The number of anilines is 1. The summed E-state index contributed by atoms with van der Waals surface area (Å²) in [7, 11) is 3.74. The van der Waals surface area contributed by atoms with E-state index in [1.165, 1.54) is 6.08 Å². The second-order valence-corrected chi connectivity index (χ2v) is 2.83. The first-order valence-corrected chi connectivity index (χ1v) is 3.96. The number of aromatic nitrogens is 1. The lowest BCUT2D eigenvalue weighted by atomic mass is 10.2. The van der Waals surface area contributed by atoms with Crippen LogP contribution in [-0.2, 0) is 0 Å². The van der Waals surface area contributed by atoms with Crippen molar-refractivity contribution in [2.75, 3.05) is 19.0 Å². The van der Waals surface area contributed by atoms with Crippen molar-refractivity contribution in [2.24, 2.45) is 0 Å². The molecule has 3 heteroatoms. The minimum absolute atomic E-state index is 0.149. The summed E-state index contributed by atoms with van der Waals surface area (Å²) < 4.78 is 0. The van der Waals surface area contributed by atoms with Crippen LogP contribution >= 0.6 is 0 Å². The van der Waals surface area contributed by atoms with Crippen molar-refractivity contribution in [1.82, 2.24) is 4.98 Å². The van der Waals surface area contributed by atoms with Gasteiger partial charge in [0.05, 0.1) is 5.69 Å². The molecule has 0 saturated carbocycles. The summed E-state index contributed by atoms with van der Waals surface area (Å²) in [5.74, 6) is -0.149. The predicted octanol–water partition coefficient (Wildman–Crippen LogP) is 1.52. The molecule has 0 spiro atoms.